The molecule has 2 N–H and O–H groups in total. The summed E-state index contributed by atoms with van der Waals surface area (Å²) in [6, 6.07) is 1.26. The van der Waals surface area contributed by atoms with Crippen molar-refractivity contribution in [3.8, 4) is 0 Å². The molecule has 0 aromatic carbocycles. The van der Waals surface area contributed by atoms with Gasteiger partial charge in [-0.05, 0) is 6.07 Å². The average molecular weight is 236 g/mol. The highest BCUT2D eigenvalue weighted by molar-refractivity contribution is 5.92. The van der Waals surface area contributed by atoms with Gasteiger partial charge in [-0.1, -0.05) is 0 Å². The van der Waals surface area contributed by atoms with Crippen molar-refractivity contribution in [2.24, 2.45) is 0 Å². The minimum absolute atomic E-state index is 0.0631. The number of aromatic nitrogens is 2. The van der Waals surface area contributed by atoms with Gasteiger partial charge in [0.15, 0.2) is 5.69 Å². The number of carboxylic acid groups (broad SMARTS) is 1. The number of piperazine rings is 1. The summed E-state index contributed by atoms with van der Waals surface area (Å²) in [5, 5.41) is 11.9. The summed E-state index contributed by atoms with van der Waals surface area (Å²) in [6.45, 7) is 2.62. The maximum atomic E-state index is 12.0. The minimum atomic E-state index is -1.17. The van der Waals surface area contributed by atoms with Crippen molar-refractivity contribution in [3.05, 3.63) is 23.8 Å². The largest absolute Gasteiger partial charge is 0.477 e. The molecule has 2 heterocycles. The van der Waals surface area contributed by atoms with Crippen LogP contribution in [0.15, 0.2) is 12.3 Å². The monoisotopic (exact) mass is 236 g/mol. The maximum absolute atomic E-state index is 12.0. The number of carboxylic acids is 1. The molecule has 1 saturated heterocycles. The Balaban J connectivity index is 2.18. The lowest BCUT2D eigenvalue weighted by molar-refractivity contribution is 0.0688. The Hall–Kier alpha value is -2.02. The van der Waals surface area contributed by atoms with E-state index in [9.17, 15) is 9.59 Å². The molecule has 7 nitrogen and oxygen atoms in total. The number of nitrogens with zero attached hydrogens (tertiary/aromatic N) is 3. The number of amides is 1. The quantitative estimate of drug-likeness (QED) is 0.699. The number of nitrogens with one attached hydrogen (secondary N) is 1. The fourth-order valence-electron chi connectivity index (χ4n) is 1.59. The molecular formula is C10H12N4O3. The van der Waals surface area contributed by atoms with Crippen LogP contribution < -0.4 is 5.32 Å². The van der Waals surface area contributed by atoms with E-state index in [4.69, 9.17) is 5.11 Å². The molecule has 1 aliphatic rings. The smallest absolute Gasteiger partial charge is 0.354 e. The predicted molar refractivity (Wildman–Crippen MR) is 57.8 cm³/mol. The van der Waals surface area contributed by atoms with Crippen molar-refractivity contribution < 1.29 is 14.7 Å². The lowest BCUT2D eigenvalue weighted by atomic mass is 10.3. The highest BCUT2D eigenvalue weighted by atomic mass is 16.4. The molecule has 0 saturated carbocycles. The standard InChI is InChI=1S/C10H12N4O3/c15-9(14-5-3-11-4-6-14)8-12-2-1-7(13-8)10(16)17/h1-2,11H,3-6H2,(H,16,17). The molecule has 0 atom stereocenters. The van der Waals surface area contributed by atoms with Crippen LogP contribution in [0.4, 0.5) is 0 Å². The third-order valence-electron chi connectivity index (χ3n) is 2.47. The molecule has 0 spiro atoms. The van der Waals surface area contributed by atoms with Gasteiger partial charge < -0.3 is 15.3 Å². The number of carbonyl (C=O) groups is 2. The van der Waals surface area contributed by atoms with E-state index in [-0.39, 0.29) is 17.4 Å². The van der Waals surface area contributed by atoms with Gasteiger partial charge in [0.2, 0.25) is 5.82 Å². The number of hydrogen-bond acceptors (Lipinski definition) is 5. The summed E-state index contributed by atoms with van der Waals surface area (Å²) in [6.07, 6.45) is 1.28. The number of hydrogen-bond donors (Lipinski definition) is 2. The molecule has 17 heavy (non-hydrogen) atoms. The molecule has 0 unspecified atom stereocenters. The van der Waals surface area contributed by atoms with E-state index >= 15 is 0 Å². The molecule has 0 bridgehead atoms. The number of carbonyl (C=O) groups excluding carboxylic acids is 1. The van der Waals surface area contributed by atoms with E-state index in [0.29, 0.717) is 13.1 Å². The Morgan fingerprint density at radius 3 is 2.71 bits per heavy atom. The predicted octanol–water partition coefficient (Wildman–Crippen LogP) is -0.780. The van der Waals surface area contributed by atoms with Crippen LogP contribution in [0.25, 0.3) is 0 Å². The summed E-state index contributed by atoms with van der Waals surface area (Å²) >= 11 is 0. The Bertz CT molecular complexity index is 443. The summed E-state index contributed by atoms with van der Waals surface area (Å²) in [5.41, 5.74) is -0.168. The summed E-state index contributed by atoms with van der Waals surface area (Å²) < 4.78 is 0. The van der Waals surface area contributed by atoms with Crippen molar-refractivity contribution in [1.82, 2.24) is 20.2 Å². The fraction of sp³-hybridized carbons (Fsp3) is 0.400. The molecular weight excluding hydrogens is 224 g/mol. The van der Waals surface area contributed by atoms with Crippen molar-refractivity contribution in [2.75, 3.05) is 26.2 Å². The third-order valence-corrected chi connectivity index (χ3v) is 2.47. The second-order valence-electron chi connectivity index (χ2n) is 3.61. The highest BCUT2D eigenvalue weighted by Crippen LogP contribution is 2.02. The topological polar surface area (TPSA) is 95.4 Å². The Kier molecular flexibility index (Phi) is 3.29. The molecule has 1 aliphatic heterocycles. The van der Waals surface area contributed by atoms with Crippen LogP contribution in [-0.2, 0) is 0 Å². The normalized spacial score (nSPS) is 15.6. The van der Waals surface area contributed by atoms with Gasteiger partial charge in [0.05, 0.1) is 0 Å². The number of aromatic carboxylic acids is 1. The van der Waals surface area contributed by atoms with E-state index in [1.54, 1.807) is 4.90 Å². The minimum Gasteiger partial charge on any atom is -0.477 e. The first-order valence-electron chi connectivity index (χ1n) is 5.25. The Morgan fingerprint density at radius 1 is 1.35 bits per heavy atom. The second kappa shape index (κ2) is 4.88. The lowest BCUT2D eigenvalue weighted by Crippen LogP contribution is -2.46. The zero-order chi connectivity index (χ0) is 12.3. The van der Waals surface area contributed by atoms with Crippen LogP contribution >= 0.6 is 0 Å². The summed E-state index contributed by atoms with van der Waals surface area (Å²) in [4.78, 5) is 31.8. The van der Waals surface area contributed by atoms with E-state index < -0.39 is 5.97 Å². The molecule has 0 aliphatic carbocycles. The van der Waals surface area contributed by atoms with Crippen LogP contribution in [0.1, 0.15) is 21.1 Å². The van der Waals surface area contributed by atoms with Crippen molar-refractivity contribution in [3.63, 3.8) is 0 Å². The van der Waals surface area contributed by atoms with E-state index in [1.807, 2.05) is 0 Å². The van der Waals surface area contributed by atoms with E-state index in [0.717, 1.165) is 13.1 Å². The fourth-order valence-corrected chi connectivity index (χ4v) is 1.59. The first-order chi connectivity index (χ1) is 8.18. The van der Waals surface area contributed by atoms with Crippen LogP contribution in [0.3, 0.4) is 0 Å². The zero-order valence-corrected chi connectivity index (χ0v) is 9.09. The summed E-state index contributed by atoms with van der Waals surface area (Å²) in [7, 11) is 0. The third kappa shape index (κ3) is 2.56. The SMILES string of the molecule is O=C(O)c1ccnc(C(=O)N2CCNCC2)n1. The first kappa shape index (κ1) is 11.5. The molecule has 1 amide bonds. The van der Waals surface area contributed by atoms with Gasteiger partial charge in [-0.3, -0.25) is 4.79 Å². The van der Waals surface area contributed by atoms with Crippen LogP contribution in [-0.4, -0.2) is 58.0 Å². The van der Waals surface area contributed by atoms with Gasteiger partial charge in [-0.25, -0.2) is 14.8 Å². The van der Waals surface area contributed by atoms with Gasteiger partial charge in [-0.2, -0.15) is 0 Å². The first-order valence-corrected chi connectivity index (χ1v) is 5.25. The van der Waals surface area contributed by atoms with E-state index in [2.05, 4.69) is 15.3 Å². The van der Waals surface area contributed by atoms with Crippen molar-refractivity contribution in [1.29, 1.82) is 0 Å². The Labute approximate surface area is 97.5 Å². The van der Waals surface area contributed by atoms with Crippen LogP contribution in [0, 0.1) is 0 Å². The zero-order valence-electron chi connectivity index (χ0n) is 9.09. The molecule has 1 aromatic rings. The molecule has 2 rings (SSSR count). The lowest BCUT2D eigenvalue weighted by Gasteiger charge is -2.26. The van der Waals surface area contributed by atoms with Crippen LogP contribution in [0.5, 0.6) is 0 Å². The summed E-state index contributed by atoms with van der Waals surface area (Å²) in [5.74, 6) is -1.55. The van der Waals surface area contributed by atoms with Gasteiger partial charge in [0.25, 0.3) is 5.91 Å². The van der Waals surface area contributed by atoms with Gasteiger partial charge in [0, 0.05) is 32.4 Å². The second-order valence-corrected chi connectivity index (χ2v) is 3.61. The van der Waals surface area contributed by atoms with Crippen molar-refractivity contribution in [2.45, 2.75) is 0 Å². The maximum Gasteiger partial charge on any atom is 0.354 e. The number of rotatable bonds is 2. The van der Waals surface area contributed by atoms with Gasteiger partial charge >= 0.3 is 5.97 Å². The molecule has 1 aromatic heterocycles. The van der Waals surface area contributed by atoms with Gasteiger partial charge in [-0.15, -0.1) is 0 Å². The van der Waals surface area contributed by atoms with Crippen LogP contribution in [0.2, 0.25) is 0 Å². The van der Waals surface area contributed by atoms with Crippen molar-refractivity contribution >= 4 is 11.9 Å². The molecule has 90 valence electrons. The Morgan fingerprint density at radius 2 is 2.06 bits per heavy atom. The molecule has 7 heteroatoms. The molecule has 1 fully saturated rings. The average Bonchev–Trinajstić information content (AvgIpc) is 2.39. The molecule has 0 radical (unpaired) electrons. The van der Waals surface area contributed by atoms with E-state index in [1.165, 1.54) is 12.3 Å². The van der Waals surface area contributed by atoms with Gasteiger partial charge in [0.1, 0.15) is 0 Å². The highest BCUT2D eigenvalue weighted by Gasteiger charge is 2.21.